The van der Waals surface area contributed by atoms with Gasteiger partial charge in [-0.2, -0.15) is 5.26 Å². The Labute approximate surface area is 148 Å². The van der Waals surface area contributed by atoms with Crippen LogP contribution in [0.15, 0.2) is 39.4 Å². The summed E-state index contributed by atoms with van der Waals surface area (Å²) in [6, 6.07) is 8.87. The van der Waals surface area contributed by atoms with Gasteiger partial charge in [0.2, 0.25) is 0 Å². The molecule has 24 heavy (non-hydrogen) atoms. The van der Waals surface area contributed by atoms with Gasteiger partial charge < -0.3 is 18.8 Å². The Balaban J connectivity index is 2.32. The van der Waals surface area contributed by atoms with Crippen molar-refractivity contribution in [3.05, 3.63) is 46.3 Å². The van der Waals surface area contributed by atoms with Crippen LogP contribution in [0.3, 0.4) is 0 Å². The number of ether oxygens (including phenoxy) is 2. The van der Waals surface area contributed by atoms with Gasteiger partial charge in [0.1, 0.15) is 21.7 Å². The van der Waals surface area contributed by atoms with Gasteiger partial charge in [-0.1, -0.05) is 0 Å². The van der Waals surface area contributed by atoms with Crippen molar-refractivity contribution < 1.29 is 18.7 Å². The summed E-state index contributed by atoms with van der Waals surface area (Å²) < 4.78 is 16.5. The third-order valence-electron chi connectivity index (χ3n) is 3.40. The second-order valence-corrected chi connectivity index (χ2v) is 5.70. The normalized spacial score (nSPS) is 10.1. The molecule has 6 nitrogen and oxygen atoms in total. The first-order valence-electron chi connectivity index (χ1n) is 7.20. The third kappa shape index (κ3) is 4.09. The number of nitriles is 1. The van der Waals surface area contributed by atoms with Gasteiger partial charge >= 0.3 is 0 Å². The molecular weight excluding hydrogens is 376 g/mol. The minimum Gasteiger partial charge on any atom is -0.495 e. The van der Waals surface area contributed by atoms with Gasteiger partial charge in [-0.15, -0.1) is 0 Å². The molecule has 0 unspecified atom stereocenters. The molecule has 0 aliphatic heterocycles. The number of halogens is 1. The number of carbonyl (C=O) groups excluding carboxylic acids is 1. The summed E-state index contributed by atoms with van der Waals surface area (Å²) in [4.78, 5) is 14.4. The van der Waals surface area contributed by atoms with Gasteiger partial charge in [0.25, 0.3) is 5.91 Å². The van der Waals surface area contributed by atoms with Crippen LogP contribution < -0.4 is 9.47 Å². The van der Waals surface area contributed by atoms with Crippen LogP contribution in [0.1, 0.15) is 22.5 Å². The first-order chi connectivity index (χ1) is 11.6. The molecule has 1 heterocycles. The molecule has 2 aromatic rings. The molecule has 0 bridgehead atoms. The summed E-state index contributed by atoms with van der Waals surface area (Å²) in [6.45, 7) is 0.588. The molecule has 0 saturated heterocycles. The van der Waals surface area contributed by atoms with Crippen LogP contribution in [-0.2, 0) is 6.54 Å². The van der Waals surface area contributed by atoms with E-state index in [0.29, 0.717) is 33.8 Å². The minimum atomic E-state index is -0.231. The van der Waals surface area contributed by atoms with Crippen molar-refractivity contribution in [2.75, 3.05) is 20.8 Å². The van der Waals surface area contributed by atoms with Crippen LogP contribution in [0, 0.1) is 11.3 Å². The molecule has 0 aliphatic carbocycles. The highest BCUT2D eigenvalue weighted by molar-refractivity contribution is 9.10. The second kappa shape index (κ2) is 8.41. The lowest BCUT2D eigenvalue weighted by atomic mass is 10.1. The summed E-state index contributed by atoms with van der Waals surface area (Å²) in [5.41, 5.74) is 0.413. The Morgan fingerprint density at radius 2 is 2.00 bits per heavy atom. The van der Waals surface area contributed by atoms with Gasteiger partial charge in [0, 0.05) is 12.1 Å². The van der Waals surface area contributed by atoms with E-state index in [9.17, 15) is 4.79 Å². The lowest BCUT2D eigenvalue weighted by molar-refractivity contribution is 0.0734. The maximum Gasteiger partial charge on any atom is 0.254 e. The van der Waals surface area contributed by atoms with Crippen molar-refractivity contribution in [2.45, 2.75) is 13.0 Å². The quantitative estimate of drug-likeness (QED) is 0.718. The molecule has 0 radical (unpaired) electrons. The maximum absolute atomic E-state index is 12.9. The van der Waals surface area contributed by atoms with E-state index < -0.39 is 0 Å². The zero-order valence-corrected chi connectivity index (χ0v) is 15.0. The van der Waals surface area contributed by atoms with Gasteiger partial charge in [0.15, 0.2) is 0 Å². The molecule has 2 rings (SSSR count). The first-order valence-corrected chi connectivity index (χ1v) is 8.00. The highest BCUT2D eigenvalue weighted by Gasteiger charge is 2.20. The Morgan fingerprint density at radius 3 is 2.50 bits per heavy atom. The Hall–Kier alpha value is -2.46. The van der Waals surface area contributed by atoms with Crippen molar-refractivity contribution in [2.24, 2.45) is 0 Å². The van der Waals surface area contributed by atoms with E-state index in [0.717, 1.165) is 0 Å². The number of rotatable bonds is 7. The summed E-state index contributed by atoms with van der Waals surface area (Å²) in [5.74, 6) is 1.41. The number of hydrogen-bond acceptors (Lipinski definition) is 5. The van der Waals surface area contributed by atoms with Crippen molar-refractivity contribution in [3.8, 4) is 17.6 Å². The SMILES string of the molecule is COc1cc(C(=O)N(CCC#N)Cc2ccco2)cc(OC)c1Br. The van der Waals surface area contributed by atoms with Crippen molar-refractivity contribution in [1.29, 1.82) is 5.26 Å². The monoisotopic (exact) mass is 392 g/mol. The largest absolute Gasteiger partial charge is 0.495 e. The first kappa shape index (κ1) is 17.9. The van der Waals surface area contributed by atoms with Crippen molar-refractivity contribution >= 4 is 21.8 Å². The molecule has 1 aromatic heterocycles. The van der Waals surface area contributed by atoms with Crippen molar-refractivity contribution in [1.82, 2.24) is 4.90 Å². The standard InChI is InChI=1S/C17H17BrN2O4/c1-22-14-9-12(10-15(23-2)16(14)18)17(21)20(7-4-6-19)11-13-5-3-8-24-13/h3,5,8-10H,4,7,11H2,1-2H3. The number of methoxy groups -OCH3 is 2. The molecule has 0 spiro atoms. The van der Waals surface area contributed by atoms with Crippen LogP contribution in [0.4, 0.5) is 0 Å². The molecule has 0 aliphatic rings. The number of carbonyl (C=O) groups is 1. The molecule has 0 fully saturated rings. The third-order valence-corrected chi connectivity index (χ3v) is 4.18. The van der Waals surface area contributed by atoms with Gasteiger partial charge in [-0.25, -0.2) is 0 Å². The summed E-state index contributed by atoms with van der Waals surface area (Å²) in [7, 11) is 3.04. The summed E-state index contributed by atoms with van der Waals surface area (Å²) in [5, 5.41) is 8.84. The molecule has 126 valence electrons. The number of hydrogen-bond donors (Lipinski definition) is 0. The fraction of sp³-hybridized carbons (Fsp3) is 0.294. The number of benzene rings is 1. The minimum absolute atomic E-state index is 0.231. The predicted molar refractivity (Wildman–Crippen MR) is 90.9 cm³/mol. The zero-order chi connectivity index (χ0) is 17.5. The van der Waals surface area contributed by atoms with Crippen molar-refractivity contribution in [3.63, 3.8) is 0 Å². The van der Waals surface area contributed by atoms with Gasteiger partial charge in [-0.3, -0.25) is 4.79 Å². The number of amides is 1. The van der Waals surface area contributed by atoms with Crippen LogP contribution in [0.25, 0.3) is 0 Å². The molecule has 0 saturated carbocycles. The fourth-order valence-electron chi connectivity index (χ4n) is 2.20. The van der Waals surface area contributed by atoms with E-state index in [1.165, 1.54) is 14.2 Å². The Bertz CT molecular complexity index is 713. The summed E-state index contributed by atoms with van der Waals surface area (Å²) in [6.07, 6.45) is 1.78. The number of furan rings is 1. The van der Waals surface area contributed by atoms with Crippen LogP contribution in [0.2, 0.25) is 0 Å². The Morgan fingerprint density at radius 1 is 1.33 bits per heavy atom. The Kier molecular flexibility index (Phi) is 6.27. The van der Waals surface area contributed by atoms with Gasteiger partial charge in [-0.05, 0) is 40.2 Å². The van der Waals surface area contributed by atoms with E-state index in [2.05, 4.69) is 22.0 Å². The molecule has 0 atom stereocenters. The number of nitrogens with zero attached hydrogens (tertiary/aromatic N) is 2. The fourth-order valence-corrected chi connectivity index (χ4v) is 2.76. The molecular formula is C17H17BrN2O4. The van der Waals surface area contributed by atoms with Crippen LogP contribution >= 0.6 is 15.9 Å². The maximum atomic E-state index is 12.9. The van der Waals surface area contributed by atoms with E-state index >= 15 is 0 Å². The average molecular weight is 393 g/mol. The smallest absolute Gasteiger partial charge is 0.254 e. The lowest BCUT2D eigenvalue weighted by Crippen LogP contribution is -2.31. The van der Waals surface area contributed by atoms with E-state index in [-0.39, 0.29) is 18.9 Å². The average Bonchev–Trinajstić information content (AvgIpc) is 3.11. The van der Waals surface area contributed by atoms with E-state index in [1.54, 1.807) is 35.4 Å². The molecule has 1 aromatic carbocycles. The second-order valence-electron chi connectivity index (χ2n) is 4.91. The van der Waals surface area contributed by atoms with Crippen LogP contribution in [0.5, 0.6) is 11.5 Å². The van der Waals surface area contributed by atoms with Crippen LogP contribution in [-0.4, -0.2) is 31.6 Å². The predicted octanol–water partition coefficient (Wildman–Crippen LogP) is 3.62. The molecule has 1 amide bonds. The highest BCUT2D eigenvalue weighted by Crippen LogP contribution is 2.36. The molecule has 7 heteroatoms. The topological polar surface area (TPSA) is 75.7 Å². The summed E-state index contributed by atoms with van der Waals surface area (Å²) >= 11 is 3.38. The zero-order valence-electron chi connectivity index (χ0n) is 13.4. The molecule has 0 N–H and O–H groups in total. The highest BCUT2D eigenvalue weighted by atomic mass is 79.9. The van der Waals surface area contributed by atoms with Gasteiger partial charge in [0.05, 0.1) is 39.5 Å². The van der Waals surface area contributed by atoms with E-state index in [4.69, 9.17) is 19.2 Å². The lowest BCUT2D eigenvalue weighted by Gasteiger charge is -2.21. The van der Waals surface area contributed by atoms with E-state index in [1.807, 2.05) is 0 Å².